The maximum Gasteiger partial charge on any atom is 0.225 e. The predicted molar refractivity (Wildman–Crippen MR) is 98.0 cm³/mol. The molecule has 1 saturated heterocycles. The molecule has 4 nitrogen and oxygen atoms in total. The summed E-state index contributed by atoms with van der Waals surface area (Å²) in [7, 11) is 0. The molecule has 1 saturated carbocycles. The summed E-state index contributed by atoms with van der Waals surface area (Å²) in [6.07, 6.45) is 6.66. The molecule has 0 spiro atoms. The first-order valence-corrected chi connectivity index (χ1v) is 9.71. The Morgan fingerprint density at radius 3 is 2.80 bits per heavy atom. The zero-order chi connectivity index (χ0) is 17.7. The number of ether oxygens (including phenoxy) is 1. The quantitative estimate of drug-likeness (QED) is 0.803. The predicted octanol–water partition coefficient (Wildman–Crippen LogP) is 3.53. The molecule has 1 N–H and O–H groups in total. The highest BCUT2D eigenvalue weighted by Gasteiger charge is 2.44. The van der Waals surface area contributed by atoms with Crippen LogP contribution in [0.15, 0.2) is 30.3 Å². The molecule has 0 bridgehead atoms. The van der Waals surface area contributed by atoms with Gasteiger partial charge in [0.05, 0.1) is 25.2 Å². The molecular formula is C21H31NO3. The number of carbonyl (C=O) groups is 1. The number of aliphatic hydroxyl groups is 1. The van der Waals surface area contributed by atoms with Crippen molar-refractivity contribution >= 4 is 5.91 Å². The number of amides is 1. The maximum absolute atomic E-state index is 12.7. The highest BCUT2D eigenvalue weighted by atomic mass is 16.5. The van der Waals surface area contributed by atoms with E-state index in [1.54, 1.807) is 0 Å². The van der Waals surface area contributed by atoms with Gasteiger partial charge in [-0.1, -0.05) is 43.2 Å². The Hall–Kier alpha value is -1.39. The first kappa shape index (κ1) is 18.4. The summed E-state index contributed by atoms with van der Waals surface area (Å²) in [4.78, 5) is 14.7. The van der Waals surface area contributed by atoms with Crippen LogP contribution in [0.3, 0.4) is 0 Å². The molecule has 4 heteroatoms. The fraction of sp³-hybridized carbons (Fsp3) is 0.667. The topological polar surface area (TPSA) is 49.8 Å². The third kappa shape index (κ3) is 4.62. The molecule has 0 radical (unpaired) electrons. The van der Waals surface area contributed by atoms with Gasteiger partial charge in [-0.25, -0.2) is 0 Å². The molecule has 1 aromatic rings. The van der Waals surface area contributed by atoms with Gasteiger partial charge in [0.15, 0.2) is 0 Å². The van der Waals surface area contributed by atoms with Gasteiger partial charge in [-0.2, -0.15) is 0 Å². The van der Waals surface area contributed by atoms with Crippen LogP contribution in [0, 0.1) is 5.92 Å². The highest BCUT2D eigenvalue weighted by Crippen LogP contribution is 2.40. The second-order valence-electron chi connectivity index (χ2n) is 7.79. The average Bonchev–Trinajstić information content (AvgIpc) is 3.08. The zero-order valence-corrected chi connectivity index (χ0v) is 15.3. The summed E-state index contributed by atoms with van der Waals surface area (Å²) >= 11 is 0. The van der Waals surface area contributed by atoms with Crippen LogP contribution in [0.4, 0.5) is 0 Å². The van der Waals surface area contributed by atoms with Crippen LogP contribution in [-0.4, -0.2) is 40.7 Å². The molecule has 138 valence electrons. The second kappa shape index (κ2) is 8.33. The van der Waals surface area contributed by atoms with E-state index in [0.717, 1.165) is 44.2 Å². The Kier molecular flexibility index (Phi) is 6.13. The maximum atomic E-state index is 12.7. The van der Waals surface area contributed by atoms with Gasteiger partial charge in [-0.05, 0) is 38.2 Å². The Bertz CT molecular complexity index is 558. The van der Waals surface area contributed by atoms with Crippen LogP contribution in [0.25, 0.3) is 0 Å². The highest BCUT2D eigenvalue weighted by molar-refractivity contribution is 5.77. The van der Waals surface area contributed by atoms with E-state index in [1.165, 1.54) is 6.42 Å². The molecule has 1 heterocycles. The monoisotopic (exact) mass is 345 g/mol. The van der Waals surface area contributed by atoms with Crippen molar-refractivity contribution < 1.29 is 14.6 Å². The van der Waals surface area contributed by atoms with Gasteiger partial charge >= 0.3 is 0 Å². The number of carbonyl (C=O) groups excluding carboxylic acids is 1. The van der Waals surface area contributed by atoms with E-state index >= 15 is 0 Å². The van der Waals surface area contributed by atoms with E-state index < -0.39 is 5.60 Å². The number of hydrogen-bond donors (Lipinski definition) is 1. The van der Waals surface area contributed by atoms with E-state index in [-0.39, 0.29) is 17.9 Å². The Morgan fingerprint density at radius 1 is 1.24 bits per heavy atom. The smallest absolute Gasteiger partial charge is 0.225 e. The fourth-order valence-corrected chi connectivity index (χ4v) is 4.54. The van der Waals surface area contributed by atoms with Crippen molar-refractivity contribution in [1.29, 1.82) is 0 Å². The van der Waals surface area contributed by atoms with Crippen molar-refractivity contribution in [3.8, 4) is 0 Å². The number of benzene rings is 1. The molecule has 2 aliphatic rings. The van der Waals surface area contributed by atoms with E-state index in [0.29, 0.717) is 19.6 Å². The van der Waals surface area contributed by atoms with Crippen molar-refractivity contribution in [3.05, 3.63) is 35.9 Å². The van der Waals surface area contributed by atoms with Crippen molar-refractivity contribution in [2.24, 2.45) is 5.92 Å². The standard InChI is InChI=1S/C21H31NO3/c1-21(24)13-6-5-10-18(21)19-11-7-14-22(19)20(23)12-15-25-16-17-8-3-2-4-9-17/h2-4,8-9,18-19,24H,5-7,10-16H2,1H3/t18-,19+,21+/m1/s1. The van der Waals surface area contributed by atoms with E-state index in [1.807, 2.05) is 42.2 Å². The van der Waals surface area contributed by atoms with Gasteiger partial charge in [0.25, 0.3) is 0 Å². The van der Waals surface area contributed by atoms with Crippen molar-refractivity contribution in [3.63, 3.8) is 0 Å². The minimum Gasteiger partial charge on any atom is -0.390 e. The molecule has 1 aliphatic carbocycles. The van der Waals surface area contributed by atoms with Crippen LogP contribution in [-0.2, 0) is 16.1 Å². The van der Waals surface area contributed by atoms with Crippen LogP contribution in [0.5, 0.6) is 0 Å². The second-order valence-corrected chi connectivity index (χ2v) is 7.79. The van der Waals surface area contributed by atoms with Crippen LogP contribution < -0.4 is 0 Å². The number of likely N-dealkylation sites (tertiary alicyclic amines) is 1. The largest absolute Gasteiger partial charge is 0.390 e. The van der Waals surface area contributed by atoms with E-state index in [9.17, 15) is 9.90 Å². The summed E-state index contributed by atoms with van der Waals surface area (Å²) in [5.41, 5.74) is 0.502. The minimum atomic E-state index is -0.629. The molecule has 1 aromatic carbocycles. The van der Waals surface area contributed by atoms with Crippen molar-refractivity contribution in [1.82, 2.24) is 4.90 Å². The van der Waals surface area contributed by atoms with Gasteiger partial charge < -0.3 is 14.7 Å². The lowest BCUT2D eigenvalue weighted by Crippen LogP contribution is -2.50. The summed E-state index contributed by atoms with van der Waals surface area (Å²) in [5.74, 6) is 0.398. The van der Waals surface area contributed by atoms with Crippen LogP contribution >= 0.6 is 0 Å². The SMILES string of the molecule is C[C@]1(O)CCCC[C@@H]1[C@@H]1CCCN1C(=O)CCOCc1ccccc1. The van der Waals surface area contributed by atoms with Crippen LogP contribution in [0.2, 0.25) is 0 Å². The molecule has 2 fully saturated rings. The first-order chi connectivity index (χ1) is 12.1. The Balaban J connectivity index is 1.49. The third-order valence-corrected chi connectivity index (χ3v) is 5.90. The van der Waals surface area contributed by atoms with Crippen molar-refractivity contribution in [2.75, 3.05) is 13.2 Å². The summed E-state index contributed by atoms with van der Waals surface area (Å²) < 4.78 is 5.67. The average molecular weight is 345 g/mol. The van der Waals surface area contributed by atoms with Gasteiger partial charge in [-0.3, -0.25) is 4.79 Å². The van der Waals surface area contributed by atoms with Gasteiger partial charge in [-0.15, -0.1) is 0 Å². The molecular weight excluding hydrogens is 314 g/mol. The molecule has 1 amide bonds. The normalized spacial score (nSPS) is 29.8. The molecule has 25 heavy (non-hydrogen) atoms. The van der Waals surface area contributed by atoms with Gasteiger partial charge in [0, 0.05) is 18.5 Å². The minimum absolute atomic E-state index is 0.178. The molecule has 0 unspecified atom stereocenters. The zero-order valence-electron chi connectivity index (χ0n) is 15.3. The van der Waals surface area contributed by atoms with Crippen molar-refractivity contribution in [2.45, 2.75) is 70.1 Å². The number of hydrogen-bond acceptors (Lipinski definition) is 3. The molecule has 3 atom stereocenters. The van der Waals surface area contributed by atoms with E-state index in [4.69, 9.17) is 4.74 Å². The van der Waals surface area contributed by atoms with Gasteiger partial charge in [0.1, 0.15) is 0 Å². The molecule has 1 aliphatic heterocycles. The number of nitrogens with zero attached hydrogens (tertiary/aromatic N) is 1. The summed E-state index contributed by atoms with van der Waals surface area (Å²) in [5, 5.41) is 10.8. The lowest BCUT2D eigenvalue weighted by molar-refractivity contribution is -0.137. The summed E-state index contributed by atoms with van der Waals surface area (Å²) in [6.45, 7) is 3.79. The van der Waals surface area contributed by atoms with Gasteiger partial charge in [0.2, 0.25) is 5.91 Å². The lowest BCUT2D eigenvalue weighted by Gasteiger charge is -2.43. The third-order valence-electron chi connectivity index (χ3n) is 5.90. The first-order valence-electron chi connectivity index (χ1n) is 9.71. The van der Waals surface area contributed by atoms with E-state index in [2.05, 4.69) is 0 Å². The lowest BCUT2D eigenvalue weighted by atomic mass is 9.72. The van der Waals surface area contributed by atoms with Crippen LogP contribution in [0.1, 0.15) is 57.4 Å². The fourth-order valence-electron chi connectivity index (χ4n) is 4.54. The molecule has 3 rings (SSSR count). The molecule has 0 aromatic heterocycles. The number of rotatable bonds is 6. The summed E-state index contributed by atoms with van der Waals surface area (Å²) in [6, 6.07) is 10.2. The Morgan fingerprint density at radius 2 is 2.04 bits per heavy atom. The Labute approximate surface area is 151 Å².